The molecule has 37 heavy (non-hydrogen) atoms. The fourth-order valence-corrected chi connectivity index (χ4v) is 10.0. The molecule has 9 unspecified atom stereocenters. The van der Waals surface area contributed by atoms with E-state index in [1.165, 1.54) is 5.57 Å². The van der Waals surface area contributed by atoms with Gasteiger partial charge in [-0.1, -0.05) is 53.2 Å². The molecule has 4 aliphatic carbocycles. The van der Waals surface area contributed by atoms with Crippen LogP contribution in [-0.4, -0.2) is 46.8 Å². The van der Waals surface area contributed by atoms with Crippen LogP contribution in [-0.2, 0) is 19.4 Å². The molecule has 0 aromatic heterocycles. The Labute approximate surface area is 223 Å². The first-order chi connectivity index (χ1) is 16.8. The van der Waals surface area contributed by atoms with Gasteiger partial charge in [0.05, 0.1) is 17.8 Å². The van der Waals surface area contributed by atoms with Gasteiger partial charge in [0.1, 0.15) is 5.78 Å². The van der Waals surface area contributed by atoms with Gasteiger partial charge >= 0.3 is 10.4 Å². The summed E-state index contributed by atoms with van der Waals surface area (Å²) in [6, 6.07) is 0. The first kappa shape index (κ1) is 29.2. The number of aliphatic hydroxyl groups is 2. The number of hydrogen-bond acceptors (Lipinski definition) is 6. The van der Waals surface area contributed by atoms with Crippen LogP contribution in [0.5, 0.6) is 0 Å². The van der Waals surface area contributed by atoms with Gasteiger partial charge in [-0.15, -0.1) is 0 Å². The van der Waals surface area contributed by atoms with Gasteiger partial charge in [-0.2, -0.15) is 8.42 Å². The van der Waals surface area contributed by atoms with Gasteiger partial charge in [0.15, 0.2) is 0 Å². The fourth-order valence-electron chi connectivity index (χ4n) is 9.50. The lowest BCUT2D eigenvalue weighted by atomic mass is 9.39. The van der Waals surface area contributed by atoms with E-state index in [1.54, 1.807) is 0 Å². The molecular formula is C29H48O7S. The van der Waals surface area contributed by atoms with Crippen LogP contribution in [0.25, 0.3) is 0 Å². The summed E-state index contributed by atoms with van der Waals surface area (Å²) in [6.45, 7) is 14.7. The highest BCUT2D eigenvalue weighted by Crippen LogP contribution is 2.74. The van der Waals surface area contributed by atoms with E-state index in [2.05, 4.69) is 26.8 Å². The van der Waals surface area contributed by atoms with Gasteiger partial charge in [-0.3, -0.25) is 9.35 Å². The standard InChI is InChI=1S/C29H48O7S/c1-18(2)14-19(30)16-29(7,32)23-10-13-26(4)22-15-24(31)28(6)17-20(36-37(33,34)35)8-11-25(28,3)21(22)9-12-27(23,26)5/h9,18,20,22-24,31-32H,8,10-17H2,1-7H3,(H,33,34,35). The molecule has 3 fully saturated rings. The van der Waals surface area contributed by atoms with Crippen molar-refractivity contribution in [2.24, 2.45) is 39.4 Å². The largest absolute Gasteiger partial charge is 0.397 e. The van der Waals surface area contributed by atoms with Gasteiger partial charge < -0.3 is 10.2 Å². The maximum Gasteiger partial charge on any atom is 0.397 e. The van der Waals surface area contributed by atoms with Crippen molar-refractivity contribution in [3.05, 3.63) is 11.6 Å². The second-order valence-corrected chi connectivity index (χ2v) is 15.5. The monoisotopic (exact) mass is 540 g/mol. The summed E-state index contributed by atoms with van der Waals surface area (Å²) in [7, 11) is -4.56. The summed E-state index contributed by atoms with van der Waals surface area (Å²) in [5.41, 5.74) is -0.993. The third kappa shape index (κ3) is 4.56. The Kier molecular flexibility index (Phi) is 7.19. The smallest absolute Gasteiger partial charge is 0.393 e. The van der Waals surface area contributed by atoms with Gasteiger partial charge in [-0.25, -0.2) is 4.18 Å². The molecule has 0 spiro atoms. The number of Topliss-reactive ketones (excluding diaryl/α,β-unsaturated/α-hetero) is 1. The van der Waals surface area contributed by atoms with Crippen molar-refractivity contribution in [1.82, 2.24) is 0 Å². The number of allylic oxidation sites excluding steroid dienone is 2. The molecule has 0 heterocycles. The van der Waals surface area contributed by atoms with Crippen LogP contribution in [0.4, 0.5) is 0 Å². The molecule has 0 aromatic rings. The quantitative estimate of drug-likeness (QED) is 0.297. The molecule has 9 atom stereocenters. The van der Waals surface area contributed by atoms with E-state index in [1.807, 2.05) is 27.7 Å². The fraction of sp³-hybridized carbons (Fsp3) is 0.897. The maximum absolute atomic E-state index is 12.7. The minimum atomic E-state index is -4.56. The van der Waals surface area contributed by atoms with Crippen LogP contribution >= 0.6 is 0 Å². The molecule has 3 N–H and O–H groups in total. The highest BCUT2D eigenvalue weighted by Gasteiger charge is 2.69. The predicted molar refractivity (Wildman–Crippen MR) is 142 cm³/mol. The first-order valence-corrected chi connectivity index (χ1v) is 15.4. The summed E-state index contributed by atoms with van der Waals surface area (Å²) < 4.78 is 37.0. The highest BCUT2D eigenvalue weighted by atomic mass is 32.3. The Morgan fingerprint density at radius 2 is 1.78 bits per heavy atom. The molecule has 7 nitrogen and oxygen atoms in total. The number of carbonyl (C=O) groups excluding carboxylic acids is 1. The van der Waals surface area contributed by atoms with Crippen molar-refractivity contribution in [2.75, 3.05) is 0 Å². The van der Waals surface area contributed by atoms with Crippen molar-refractivity contribution in [2.45, 2.75) is 124 Å². The van der Waals surface area contributed by atoms with Crippen LogP contribution < -0.4 is 0 Å². The molecule has 3 saturated carbocycles. The van der Waals surface area contributed by atoms with Crippen LogP contribution in [0.15, 0.2) is 11.6 Å². The molecule has 0 aliphatic heterocycles. The van der Waals surface area contributed by atoms with E-state index in [9.17, 15) is 28.0 Å². The van der Waals surface area contributed by atoms with Crippen LogP contribution in [0.3, 0.4) is 0 Å². The number of ketones is 1. The summed E-state index contributed by atoms with van der Waals surface area (Å²) in [4.78, 5) is 12.7. The number of aliphatic hydroxyl groups excluding tert-OH is 1. The van der Waals surface area contributed by atoms with Crippen molar-refractivity contribution >= 4 is 16.2 Å². The summed E-state index contributed by atoms with van der Waals surface area (Å²) >= 11 is 0. The van der Waals surface area contributed by atoms with Gasteiger partial charge in [0.2, 0.25) is 0 Å². The normalized spacial score (nSPS) is 45.4. The van der Waals surface area contributed by atoms with E-state index in [0.29, 0.717) is 32.1 Å². The lowest BCUT2D eigenvalue weighted by Gasteiger charge is -2.66. The Hall–Kier alpha value is -0.800. The van der Waals surface area contributed by atoms with Crippen LogP contribution in [0.1, 0.15) is 106 Å². The number of carbonyl (C=O) groups is 1. The van der Waals surface area contributed by atoms with E-state index >= 15 is 0 Å². The van der Waals surface area contributed by atoms with Crippen molar-refractivity contribution in [1.29, 1.82) is 0 Å². The topological polar surface area (TPSA) is 121 Å². The minimum Gasteiger partial charge on any atom is -0.393 e. The van der Waals surface area contributed by atoms with Crippen LogP contribution in [0, 0.1) is 39.4 Å². The molecule has 212 valence electrons. The molecule has 0 saturated heterocycles. The number of fused-ring (bicyclic) bond motifs is 5. The molecule has 0 amide bonds. The maximum atomic E-state index is 12.7. The summed E-state index contributed by atoms with van der Waals surface area (Å²) in [6.07, 6.45) is 6.38. The SMILES string of the molecule is CC(C)CC(=O)CC(C)(O)C1CCC2(C)C3CC(O)C4(C)CC(OS(=O)(=O)O)CCC4(C)C3=CCC12C. The van der Waals surface area contributed by atoms with Crippen molar-refractivity contribution < 1.29 is 32.2 Å². The van der Waals surface area contributed by atoms with E-state index in [-0.39, 0.29) is 46.2 Å². The molecule has 4 rings (SSSR count). The average molecular weight is 541 g/mol. The predicted octanol–water partition coefficient (Wildman–Crippen LogP) is 5.26. The molecule has 4 aliphatic rings. The third-order valence-electron chi connectivity index (χ3n) is 11.8. The molecule has 0 radical (unpaired) electrons. The van der Waals surface area contributed by atoms with Crippen molar-refractivity contribution in [3.63, 3.8) is 0 Å². The zero-order chi connectivity index (χ0) is 27.8. The minimum absolute atomic E-state index is 0.0175. The summed E-state index contributed by atoms with van der Waals surface area (Å²) in [5, 5.41) is 23.3. The van der Waals surface area contributed by atoms with E-state index in [4.69, 9.17) is 4.18 Å². The van der Waals surface area contributed by atoms with Gasteiger partial charge in [-0.05, 0) is 85.9 Å². The molecule has 0 aromatic carbocycles. The van der Waals surface area contributed by atoms with Gasteiger partial charge in [0.25, 0.3) is 0 Å². The summed E-state index contributed by atoms with van der Waals surface area (Å²) in [5.74, 6) is 0.510. The zero-order valence-electron chi connectivity index (χ0n) is 23.7. The highest BCUT2D eigenvalue weighted by molar-refractivity contribution is 7.80. The molecule has 8 heteroatoms. The Morgan fingerprint density at radius 3 is 2.38 bits per heavy atom. The second kappa shape index (κ2) is 9.12. The molecule has 0 bridgehead atoms. The first-order valence-electron chi connectivity index (χ1n) is 14.1. The number of rotatable bonds is 7. The average Bonchev–Trinajstić information content (AvgIpc) is 3.00. The Bertz CT molecular complexity index is 1060. The number of hydrogen-bond donors (Lipinski definition) is 3. The lowest BCUT2D eigenvalue weighted by Crippen LogP contribution is -2.62. The Balaban J connectivity index is 1.66. The third-order valence-corrected chi connectivity index (χ3v) is 12.3. The lowest BCUT2D eigenvalue weighted by molar-refractivity contribution is -0.161. The second-order valence-electron chi connectivity index (χ2n) is 14.4. The van der Waals surface area contributed by atoms with E-state index < -0.39 is 33.6 Å². The van der Waals surface area contributed by atoms with Crippen molar-refractivity contribution in [3.8, 4) is 0 Å². The van der Waals surface area contributed by atoms with Gasteiger partial charge in [0, 0.05) is 18.3 Å². The Morgan fingerprint density at radius 1 is 1.14 bits per heavy atom. The van der Waals surface area contributed by atoms with Crippen LogP contribution in [0.2, 0.25) is 0 Å². The van der Waals surface area contributed by atoms with E-state index in [0.717, 1.165) is 19.3 Å². The molecular weight excluding hydrogens is 492 g/mol. The zero-order valence-corrected chi connectivity index (χ0v) is 24.5.